The Labute approximate surface area is 151 Å². The number of carbonyl (C=O) groups is 1. The third-order valence-corrected chi connectivity index (χ3v) is 3.98. The second kappa shape index (κ2) is 7.84. The van der Waals surface area contributed by atoms with E-state index in [2.05, 4.69) is 36.5 Å². The number of amides is 1. The first-order valence-corrected chi connectivity index (χ1v) is 8.76. The van der Waals surface area contributed by atoms with E-state index in [0.29, 0.717) is 4.47 Å². The van der Waals surface area contributed by atoms with Crippen LogP contribution in [0.1, 0.15) is 0 Å². The van der Waals surface area contributed by atoms with E-state index < -0.39 is 16.0 Å². The normalized spacial score (nSPS) is 11.5. The van der Waals surface area contributed by atoms with Crippen LogP contribution in [0.15, 0.2) is 57.8 Å². The second-order valence-electron chi connectivity index (χ2n) is 4.50. The molecule has 1 aromatic heterocycles. The van der Waals surface area contributed by atoms with Gasteiger partial charge in [0.05, 0.1) is 9.37 Å². The van der Waals surface area contributed by atoms with Gasteiger partial charge in [0.1, 0.15) is 11.6 Å². The maximum absolute atomic E-state index is 12.1. The minimum absolute atomic E-state index is 0.0983. The van der Waals surface area contributed by atoms with Crippen LogP contribution < -0.4 is 10.6 Å². The maximum atomic E-state index is 12.1. The largest absolute Gasteiger partial charge is 0.329 e. The first kappa shape index (κ1) is 18.5. The molecule has 2 aromatic rings. The highest BCUT2D eigenvalue weighted by Crippen LogP contribution is 2.16. The average Bonchev–Trinajstić information content (AvgIpc) is 2.56. The Bertz CT molecular complexity index is 967. The third kappa shape index (κ3) is 5.35. The van der Waals surface area contributed by atoms with E-state index in [1.807, 2.05) is 0 Å². The van der Waals surface area contributed by atoms with Crippen molar-refractivity contribution in [2.45, 2.75) is 4.90 Å². The monoisotopic (exact) mass is 423 g/mol. The molecule has 0 radical (unpaired) electrons. The van der Waals surface area contributed by atoms with Crippen molar-refractivity contribution in [3.63, 3.8) is 0 Å². The van der Waals surface area contributed by atoms with Gasteiger partial charge in [-0.15, -0.1) is 0 Å². The Morgan fingerprint density at radius 2 is 2.00 bits per heavy atom. The second-order valence-corrected chi connectivity index (χ2v) is 6.83. The zero-order chi connectivity index (χ0) is 18.4. The van der Waals surface area contributed by atoms with Crippen LogP contribution in [0.25, 0.3) is 0 Å². The number of carbonyl (C=O) groups excluding carboxylic acids is 1. The molecule has 0 aliphatic rings. The molecule has 11 heteroatoms. The highest BCUT2D eigenvalue weighted by Gasteiger charge is 2.13. The van der Waals surface area contributed by atoms with Crippen LogP contribution in [-0.2, 0) is 14.9 Å². The Kier molecular flexibility index (Phi) is 5.81. The highest BCUT2D eigenvalue weighted by molar-refractivity contribution is 9.10. The van der Waals surface area contributed by atoms with Gasteiger partial charge in [0, 0.05) is 24.3 Å². The van der Waals surface area contributed by atoms with Gasteiger partial charge < -0.3 is 10.6 Å². The molecule has 128 valence electrons. The predicted octanol–water partition coefficient (Wildman–Crippen LogP) is 1.94. The van der Waals surface area contributed by atoms with Crippen LogP contribution in [0.4, 0.5) is 11.6 Å². The Hall–Kier alpha value is -2.81. The van der Waals surface area contributed by atoms with E-state index in [1.165, 1.54) is 30.6 Å². The van der Waals surface area contributed by atoms with Gasteiger partial charge in [0.15, 0.2) is 0 Å². The number of anilines is 2. The fourth-order valence-electron chi connectivity index (χ4n) is 1.60. The SMILES string of the molecule is N#C/C(=C/Nc1ncc(Br)cn1)C(=O)Nc1cccc(S(=O)(=O)O)c1. The van der Waals surface area contributed by atoms with Gasteiger partial charge in [-0.3, -0.25) is 9.35 Å². The van der Waals surface area contributed by atoms with E-state index >= 15 is 0 Å². The van der Waals surface area contributed by atoms with E-state index in [1.54, 1.807) is 6.07 Å². The molecular weight excluding hydrogens is 414 g/mol. The molecule has 3 N–H and O–H groups in total. The quantitative estimate of drug-likeness (QED) is 0.375. The Balaban J connectivity index is 2.14. The average molecular weight is 424 g/mol. The number of halogens is 1. The minimum Gasteiger partial charge on any atom is -0.329 e. The molecule has 0 unspecified atom stereocenters. The number of benzene rings is 1. The third-order valence-electron chi connectivity index (χ3n) is 2.72. The van der Waals surface area contributed by atoms with E-state index in [-0.39, 0.29) is 22.1 Å². The molecule has 0 atom stereocenters. The molecule has 1 heterocycles. The smallest absolute Gasteiger partial charge is 0.294 e. The zero-order valence-corrected chi connectivity index (χ0v) is 14.7. The van der Waals surface area contributed by atoms with Crippen LogP contribution in [0.2, 0.25) is 0 Å². The van der Waals surface area contributed by atoms with Crippen molar-refractivity contribution in [3.8, 4) is 6.07 Å². The lowest BCUT2D eigenvalue weighted by Crippen LogP contribution is -2.15. The summed E-state index contributed by atoms with van der Waals surface area (Å²) in [5.41, 5.74) is -0.190. The van der Waals surface area contributed by atoms with Crippen molar-refractivity contribution >= 4 is 43.6 Å². The van der Waals surface area contributed by atoms with Gasteiger partial charge in [-0.05, 0) is 34.1 Å². The number of aromatic nitrogens is 2. The van der Waals surface area contributed by atoms with Gasteiger partial charge in [-0.25, -0.2) is 9.97 Å². The van der Waals surface area contributed by atoms with Crippen LogP contribution in [0, 0.1) is 11.3 Å². The first-order valence-electron chi connectivity index (χ1n) is 6.53. The van der Waals surface area contributed by atoms with Gasteiger partial charge >= 0.3 is 0 Å². The van der Waals surface area contributed by atoms with Crippen molar-refractivity contribution in [3.05, 3.63) is 52.9 Å². The molecule has 1 amide bonds. The summed E-state index contributed by atoms with van der Waals surface area (Å²) in [4.78, 5) is 19.5. The lowest BCUT2D eigenvalue weighted by atomic mass is 10.2. The number of nitrogens with zero attached hydrogens (tertiary/aromatic N) is 3. The molecule has 0 aliphatic heterocycles. The predicted molar refractivity (Wildman–Crippen MR) is 91.9 cm³/mol. The number of nitrogens with one attached hydrogen (secondary N) is 2. The lowest BCUT2D eigenvalue weighted by molar-refractivity contribution is -0.112. The van der Waals surface area contributed by atoms with E-state index in [0.717, 1.165) is 12.3 Å². The number of hydrogen-bond donors (Lipinski definition) is 3. The van der Waals surface area contributed by atoms with Crippen molar-refractivity contribution in [2.75, 3.05) is 10.6 Å². The summed E-state index contributed by atoms with van der Waals surface area (Å²) >= 11 is 3.17. The van der Waals surface area contributed by atoms with Gasteiger partial charge in [0.2, 0.25) is 5.95 Å². The maximum Gasteiger partial charge on any atom is 0.294 e. The zero-order valence-electron chi connectivity index (χ0n) is 12.3. The molecule has 0 fully saturated rings. The molecule has 0 saturated heterocycles. The summed E-state index contributed by atoms with van der Waals surface area (Å²) in [5, 5.41) is 14.0. The summed E-state index contributed by atoms with van der Waals surface area (Å²) in [6.07, 6.45) is 4.08. The van der Waals surface area contributed by atoms with Crippen LogP contribution >= 0.6 is 15.9 Å². The highest BCUT2D eigenvalue weighted by atomic mass is 79.9. The number of rotatable bonds is 5. The summed E-state index contributed by atoms with van der Waals surface area (Å²) in [6, 6.07) is 6.68. The Morgan fingerprint density at radius 3 is 2.60 bits per heavy atom. The van der Waals surface area contributed by atoms with Gasteiger partial charge in [-0.2, -0.15) is 13.7 Å². The molecule has 1 aromatic carbocycles. The van der Waals surface area contributed by atoms with Crippen molar-refractivity contribution in [2.24, 2.45) is 0 Å². The van der Waals surface area contributed by atoms with Crippen LogP contribution in [0.3, 0.4) is 0 Å². The van der Waals surface area contributed by atoms with Crippen molar-refractivity contribution < 1.29 is 17.8 Å². The molecule has 25 heavy (non-hydrogen) atoms. The summed E-state index contributed by atoms with van der Waals surface area (Å²) in [6.45, 7) is 0. The van der Waals surface area contributed by atoms with E-state index in [9.17, 15) is 13.2 Å². The lowest BCUT2D eigenvalue weighted by Gasteiger charge is -2.06. The summed E-state index contributed by atoms with van der Waals surface area (Å²) in [7, 11) is -4.40. The van der Waals surface area contributed by atoms with Crippen LogP contribution in [0.5, 0.6) is 0 Å². The minimum atomic E-state index is -4.40. The molecule has 0 aliphatic carbocycles. The summed E-state index contributed by atoms with van der Waals surface area (Å²) in [5.74, 6) is -0.600. The fraction of sp³-hybridized carbons (Fsp3) is 0. The Morgan fingerprint density at radius 1 is 1.32 bits per heavy atom. The topological polar surface area (TPSA) is 145 Å². The van der Waals surface area contributed by atoms with Gasteiger partial charge in [-0.1, -0.05) is 6.07 Å². The van der Waals surface area contributed by atoms with Crippen molar-refractivity contribution in [1.29, 1.82) is 5.26 Å². The van der Waals surface area contributed by atoms with E-state index in [4.69, 9.17) is 9.81 Å². The first-order chi connectivity index (χ1) is 11.8. The molecule has 0 saturated carbocycles. The molecular formula is C14H10BrN5O4S. The molecule has 2 rings (SSSR count). The molecule has 0 spiro atoms. The molecule has 9 nitrogen and oxygen atoms in total. The number of hydrogen-bond acceptors (Lipinski definition) is 7. The molecule has 0 bridgehead atoms. The number of nitriles is 1. The van der Waals surface area contributed by atoms with Crippen LogP contribution in [-0.4, -0.2) is 28.8 Å². The van der Waals surface area contributed by atoms with Crippen molar-refractivity contribution in [1.82, 2.24) is 9.97 Å². The fourth-order valence-corrected chi connectivity index (χ4v) is 2.34. The standard InChI is InChI=1S/C14H10BrN5O4S/c15-10-7-18-14(19-8-10)17-6-9(5-16)13(21)20-11-2-1-3-12(4-11)25(22,23)24/h1-4,6-8H,(H,20,21)(H,17,18,19)(H,22,23,24)/b9-6-. The van der Waals surface area contributed by atoms with Gasteiger partial charge in [0.25, 0.3) is 16.0 Å². The summed E-state index contributed by atoms with van der Waals surface area (Å²) < 4.78 is 31.9.